The third-order valence-electron chi connectivity index (χ3n) is 4.38. The molecule has 0 saturated carbocycles. The molecule has 150 valence electrons. The fraction of sp³-hybridized carbons (Fsp3) is 0.0909. The van der Waals surface area contributed by atoms with Gasteiger partial charge in [0.2, 0.25) is 11.7 Å². The second-order valence-electron chi connectivity index (χ2n) is 6.51. The molecule has 0 spiro atoms. The van der Waals surface area contributed by atoms with Gasteiger partial charge in [-0.25, -0.2) is 9.67 Å². The largest absolute Gasteiger partial charge is 0.309 e. The standard InChI is InChI=1S/C22H19N5O2S/c28-19(12-11-16-13-14-30-15-16)24-25-22(29)20-23-21(17-7-3-1-4-8-17)27(26-20)18-9-5-2-6-10-18/h1-10,13-15H,11-12H2,(H,24,28)(H,25,29). The molecule has 0 atom stereocenters. The van der Waals surface area contributed by atoms with E-state index in [1.807, 2.05) is 77.5 Å². The summed E-state index contributed by atoms with van der Waals surface area (Å²) in [5, 5.41) is 8.33. The number of hydrogen-bond donors (Lipinski definition) is 2. The van der Waals surface area contributed by atoms with Gasteiger partial charge in [-0.05, 0) is 40.9 Å². The number of thiophene rings is 1. The second-order valence-corrected chi connectivity index (χ2v) is 7.29. The number of nitrogens with zero attached hydrogens (tertiary/aromatic N) is 3. The van der Waals surface area contributed by atoms with E-state index >= 15 is 0 Å². The maximum Gasteiger partial charge on any atom is 0.309 e. The molecule has 0 aliphatic carbocycles. The fourth-order valence-corrected chi connectivity index (χ4v) is 3.57. The SMILES string of the molecule is O=C(CCc1ccsc1)NNC(=O)c1nc(-c2ccccc2)n(-c2ccccc2)n1. The summed E-state index contributed by atoms with van der Waals surface area (Å²) in [6.07, 6.45) is 0.891. The first-order valence-electron chi connectivity index (χ1n) is 9.39. The van der Waals surface area contributed by atoms with Gasteiger partial charge in [0.15, 0.2) is 5.82 Å². The minimum Gasteiger partial charge on any atom is -0.273 e. The zero-order valence-electron chi connectivity index (χ0n) is 16.0. The predicted octanol–water partition coefficient (Wildman–Crippen LogP) is 3.39. The number of rotatable bonds is 6. The summed E-state index contributed by atoms with van der Waals surface area (Å²) in [6.45, 7) is 0. The third-order valence-corrected chi connectivity index (χ3v) is 5.11. The van der Waals surface area contributed by atoms with Crippen LogP contribution in [-0.2, 0) is 11.2 Å². The van der Waals surface area contributed by atoms with Crippen LogP contribution in [0.5, 0.6) is 0 Å². The number of aryl methyl sites for hydroxylation is 1. The molecule has 2 N–H and O–H groups in total. The Hall–Kier alpha value is -3.78. The first-order valence-corrected chi connectivity index (χ1v) is 10.3. The Balaban J connectivity index is 1.49. The van der Waals surface area contributed by atoms with Crippen LogP contribution in [0.2, 0.25) is 0 Å². The van der Waals surface area contributed by atoms with Crippen LogP contribution in [0.4, 0.5) is 0 Å². The molecule has 0 saturated heterocycles. The van der Waals surface area contributed by atoms with Crippen LogP contribution in [0.3, 0.4) is 0 Å². The molecule has 2 heterocycles. The van der Waals surface area contributed by atoms with Crippen LogP contribution in [0, 0.1) is 0 Å². The van der Waals surface area contributed by atoms with Crippen molar-refractivity contribution in [1.82, 2.24) is 25.6 Å². The van der Waals surface area contributed by atoms with Gasteiger partial charge in [-0.15, -0.1) is 5.10 Å². The number of para-hydroxylation sites is 1. The van der Waals surface area contributed by atoms with Gasteiger partial charge in [0.05, 0.1) is 5.69 Å². The van der Waals surface area contributed by atoms with E-state index in [4.69, 9.17) is 0 Å². The average molecular weight is 417 g/mol. The molecule has 4 aromatic rings. The van der Waals surface area contributed by atoms with Gasteiger partial charge < -0.3 is 0 Å². The number of amides is 2. The zero-order valence-corrected chi connectivity index (χ0v) is 16.8. The van der Waals surface area contributed by atoms with Crippen LogP contribution in [0.1, 0.15) is 22.6 Å². The molecule has 7 nitrogen and oxygen atoms in total. The molecule has 4 rings (SSSR count). The highest BCUT2D eigenvalue weighted by Crippen LogP contribution is 2.20. The Bertz CT molecular complexity index is 1070. The minimum absolute atomic E-state index is 0.0316. The monoisotopic (exact) mass is 417 g/mol. The number of nitrogens with one attached hydrogen (secondary N) is 2. The van der Waals surface area contributed by atoms with Crippen LogP contribution < -0.4 is 10.9 Å². The van der Waals surface area contributed by atoms with E-state index in [0.717, 1.165) is 16.8 Å². The quantitative estimate of drug-likeness (QED) is 0.471. The summed E-state index contributed by atoms with van der Waals surface area (Å²) in [4.78, 5) is 29.0. The number of aromatic nitrogens is 3. The lowest BCUT2D eigenvalue weighted by Gasteiger charge is -2.05. The minimum atomic E-state index is -0.578. The van der Waals surface area contributed by atoms with E-state index in [1.165, 1.54) is 0 Å². The topological polar surface area (TPSA) is 88.9 Å². The molecular formula is C22H19N5O2S. The number of hydrazine groups is 1. The Morgan fingerprint density at radius 1 is 0.933 bits per heavy atom. The van der Waals surface area contributed by atoms with Gasteiger partial charge in [0, 0.05) is 12.0 Å². The summed E-state index contributed by atoms with van der Waals surface area (Å²) in [7, 11) is 0. The summed E-state index contributed by atoms with van der Waals surface area (Å²) in [6, 6.07) is 20.9. The Morgan fingerprint density at radius 3 is 2.37 bits per heavy atom. The molecule has 0 aliphatic rings. The lowest BCUT2D eigenvalue weighted by molar-refractivity contribution is -0.121. The lowest BCUT2D eigenvalue weighted by Crippen LogP contribution is -2.42. The van der Waals surface area contributed by atoms with E-state index < -0.39 is 5.91 Å². The molecule has 0 fully saturated rings. The zero-order chi connectivity index (χ0) is 20.8. The maximum absolute atomic E-state index is 12.5. The highest BCUT2D eigenvalue weighted by Gasteiger charge is 2.19. The maximum atomic E-state index is 12.5. The van der Waals surface area contributed by atoms with Gasteiger partial charge >= 0.3 is 5.91 Å². The van der Waals surface area contributed by atoms with Gasteiger partial charge in [-0.3, -0.25) is 20.4 Å². The number of hydrogen-bond acceptors (Lipinski definition) is 5. The normalized spacial score (nSPS) is 10.5. The molecule has 0 bridgehead atoms. The van der Waals surface area contributed by atoms with Crippen molar-refractivity contribution in [2.75, 3.05) is 0 Å². The van der Waals surface area contributed by atoms with E-state index in [0.29, 0.717) is 12.2 Å². The van der Waals surface area contributed by atoms with Crippen molar-refractivity contribution >= 4 is 23.2 Å². The van der Waals surface area contributed by atoms with E-state index in [1.54, 1.807) is 16.0 Å². The van der Waals surface area contributed by atoms with Crippen LogP contribution in [-0.4, -0.2) is 26.6 Å². The summed E-state index contributed by atoms with van der Waals surface area (Å²) in [5.74, 6) is -0.349. The molecule has 0 aliphatic heterocycles. The van der Waals surface area contributed by atoms with E-state index in [-0.39, 0.29) is 18.2 Å². The second kappa shape index (κ2) is 9.15. The van der Waals surface area contributed by atoms with Crippen molar-refractivity contribution in [1.29, 1.82) is 0 Å². The van der Waals surface area contributed by atoms with E-state index in [9.17, 15) is 9.59 Å². The van der Waals surface area contributed by atoms with Crippen LogP contribution in [0.15, 0.2) is 77.5 Å². The van der Waals surface area contributed by atoms with Gasteiger partial charge in [-0.1, -0.05) is 48.5 Å². The van der Waals surface area contributed by atoms with Crippen molar-refractivity contribution in [3.63, 3.8) is 0 Å². The predicted molar refractivity (Wildman–Crippen MR) is 115 cm³/mol. The molecular weight excluding hydrogens is 398 g/mol. The Kier molecular flexibility index (Phi) is 5.95. The van der Waals surface area contributed by atoms with Crippen molar-refractivity contribution in [2.24, 2.45) is 0 Å². The fourth-order valence-electron chi connectivity index (χ4n) is 2.87. The van der Waals surface area contributed by atoms with E-state index in [2.05, 4.69) is 20.9 Å². The van der Waals surface area contributed by atoms with Gasteiger partial charge in [0.25, 0.3) is 0 Å². The molecule has 8 heteroatoms. The Morgan fingerprint density at radius 2 is 1.67 bits per heavy atom. The van der Waals surface area contributed by atoms with Crippen molar-refractivity contribution < 1.29 is 9.59 Å². The number of carbonyl (C=O) groups is 2. The number of carbonyl (C=O) groups excluding carboxylic acids is 2. The van der Waals surface area contributed by atoms with Crippen molar-refractivity contribution in [3.8, 4) is 17.1 Å². The summed E-state index contributed by atoms with van der Waals surface area (Å²) >= 11 is 1.59. The van der Waals surface area contributed by atoms with Gasteiger partial charge in [0.1, 0.15) is 0 Å². The highest BCUT2D eigenvalue weighted by atomic mass is 32.1. The average Bonchev–Trinajstić information content (AvgIpc) is 3.47. The van der Waals surface area contributed by atoms with Crippen LogP contribution in [0.25, 0.3) is 17.1 Å². The molecule has 2 amide bonds. The lowest BCUT2D eigenvalue weighted by atomic mass is 10.2. The molecule has 0 radical (unpaired) electrons. The smallest absolute Gasteiger partial charge is 0.273 e. The molecule has 30 heavy (non-hydrogen) atoms. The summed E-state index contributed by atoms with van der Waals surface area (Å²) in [5.41, 5.74) is 7.53. The van der Waals surface area contributed by atoms with Crippen LogP contribution >= 0.6 is 11.3 Å². The van der Waals surface area contributed by atoms with Gasteiger partial charge in [-0.2, -0.15) is 11.3 Å². The molecule has 0 unspecified atom stereocenters. The van der Waals surface area contributed by atoms with Crippen molar-refractivity contribution in [2.45, 2.75) is 12.8 Å². The summed E-state index contributed by atoms with van der Waals surface area (Å²) < 4.78 is 1.61. The highest BCUT2D eigenvalue weighted by molar-refractivity contribution is 7.07. The molecule has 2 aromatic carbocycles. The first kappa shape index (κ1) is 19.5. The van der Waals surface area contributed by atoms with Crippen molar-refractivity contribution in [3.05, 3.63) is 88.9 Å². The Labute approximate surface area is 177 Å². The molecule has 2 aromatic heterocycles. The number of benzene rings is 2. The third kappa shape index (κ3) is 4.61. The first-order chi connectivity index (χ1) is 14.7.